The first-order valence-electron chi connectivity index (χ1n) is 7.05. The molecule has 0 aliphatic heterocycles. The fraction of sp³-hybridized carbons (Fsp3) is 0.562. The van der Waals surface area contributed by atoms with Crippen molar-refractivity contribution in [3.63, 3.8) is 0 Å². The van der Waals surface area contributed by atoms with E-state index in [2.05, 4.69) is 37.9 Å². The summed E-state index contributed by atoms with van der Waals surface area (Å²) in [6.45, 7) is 6.62. The second kappa shape index (κ2) is 4.07. The molecule has 0 spiro atoms. The third-order valence-electron chi connectivity index (χ3n) is 4.15. The minimum absolute atomic E-state index is 0.0757. The third kappa shape index (κ3) is 2.39. The van der Waals surface area contributed by atoms with Crippen LogP contribution in [0.3, 0.4) is 0 Å². The van der Waals surface area contributed by atoms with Gasteiger partial charge in [0.2, 0.25) is 0 Å². The Morgan fingerprint density at radius 2 is 2.05 bits per heavy atom. The third-order valence-corrected chi connectivity index (χ3v) is 4.15. The van der Waals surface area contributed by atoms with Gasteiger partial charge in [-0.2, -0.15) is 0 Å². The highest BCUT2D eigenvalue weighted by Gasteiger charge is 2.34. The van der Waals surface area contributed by atoms with Gasteiger partial charge in [-0.25, -0.2) is 4.98 Å². The molecule has 2 N–H and O–H groups in total. The molecule has 3 rings (SSSR count). The summed E-state index contributed by atoms with van der Waals surface area (Å²) in [6.07, 6.45) is 4.15. The number of hydrogen-bond donors (Lipinski definition) is 1. The van der Waals surface area contributed by atoms with E-state index in [4.69, 9.17) is 10.2 Å². The smallest absolute Gasteiger partial charge is 0.197 e. The number of benzene rings is 1. The van der Waals surface area contributed by atoms with Crippen LogP contribution in [0.1, 0.15) is 51.5 Å². The first kappa shape index (κ1) is 12.7. The molecule has 1 aliphatic rings. The highest BCUT2D eigenvalue weighted by molar-refractivity contribution is 5.73. The van der Waals surface area contributed by atoms with E-state index in [1.807, 2.05) is 6.07 Å². The molecule has 2 aromatic rings. The molecule has 0 unspecified atom stereocenters. The fourth-order valence-electron chi connectivity index (χ4n) is 2.63. The number of rotatable bonds is 2. The highest BCUT2D eigenvalue weighted by atomic mass is 16.3. The zero-order valence-electron chi connectivity index (χ0n) is 12.0. The van der Waals surface area contributed by atoms with E-state index in [1.165, 1.54) is 12.0 Å². The molecule has 0 radical (unpaired) electrons. The lowest BCUT2D eigenvalue weighted by molar-refractivity contribution is 0.232. The van der Waals surface area contributed by atoms with E-state index in [9.17, 15) is 0 Å². The van der Waals surface area contributed by atoms with Crippen LogP contribution >= 0.6 is 0 Å². The van der Waals surface area contributed by atoms with Crippen molar-refractivity contribution in [1.82, 2.24) is 4.98 Å². The Labute approximate surface area is 114 Å². The summed E-state index contributed by atoms with van der Waals surface area (Å²) in [6, 6.07) is 6.28. The molecule has 1 aliphatic carbocycles. The Bertz CT molecular complexity index is 603. The quantitative estimate of drug-likeness (QED) is 0.896. The van der Waals surface area contributed by atoms with Gasteiger partial charge < -0.3 is 10.2 Å². The van der Waals surface area contributed by atoms with E-state index in [1.54, 1.807) is 0 Å². The normalized spacial score (nSPS) is 18.5. The molecular formula is C16H22N2O. The van der Waals surface area contributed by atoms with Crippen molar-refractivity contribution in [2.45, 2.75) is 57.4 Å². The summed E-state index contributed by atoms with van der Waals surface area (Å²) in [7, 11) is 0. The lowest BCUT2D eigenvalue weighted by atomic mass is 9.75. The summed E-state index contributed by atoms with van der Waals surface area (Å²) >= 11 is 0. The average Bonchev–Trinajstić information content (AvgIpc) is 2.66. The van der Waals surface area contributed by atoms with Crippen LogP contribution in [0.2, 0.25) is 0 Å². The van der Waals surface area contributed by atoms with Crippen LogP contribution in [0.4, 0.5) is 0 Å². The zero-order valence-corrected chi connectivity index (χ0v) is 12.0. The minimum Gasteiger partial charge on any atom is -0.441 e. The number of fused-ring (bicyclic) bond motifs is 1. The van der Waals surface area contributed by atoms with Crippen molar-refractivity contribution in [2.75, 3.05) is 0 Å². The van der Waals surface area contributed by atoms with Crippen LogP contribution in [0.5, 0.6) is 0 Å². The van der Waals surface area contributed by atoms with E-state index >= 15 is 0 Å². The van der Waals surface area contributed by atoms with Gasteiger partial charge in [0.15, 0.2) is 11.5 Å². The zero-order chi connectivity index (χ0) is 13.7. The predicted octanol–water partition coefficient (Wildman–Crippen LogP) is 3.55. The molecule has 1 heterocycles. The molecule has 0 amide bonds. The van der Waals surface area contributed by atoms with Gasteiger partial charge >= 0.3 is 0 Å². The van der Waals surface area contributed by atoms with Crippen LogP contribution in [0.15, 0.2) is 22.6 Å². The van der Waals surface area contributed by atoms with Crippen LogP contribution in [-0.2, 0) is 11.8 Å². The SMILES string of the molecule is CC(C)(C)c1ccc2oc(CC3(N)CCC3)nc2c1. The molecule has 102 valence electrons. The predicted molar refractivity (Wildman–Crippen MR) is 77.2 cm³/mol. The summed E-state index contributed by atoms with van der Waals surface area (Å²) in [5, 5.41) is 0. The monoisotopic (exact) mass is 258 g/mol. The minimum atomic E-state index is -0.0757. The van der Waals surface area contributed by atoms with Crippen LogP contribution in [0.25, 0.3) is 11.1 Å². The number of nitrogens with zero attached hydrogens (tertiary/aromatic N) is 1. The second-order valence-corrected chi connectivity index (χ2v) is 6.93. The van der Waals surface area contributed by atoms with Gasteiger partial charge in [0.25, 0.3) is 0 Å². The van der Waals surface area contributed by atoms with Crippen molar-refractivity contribution in [1.29, 1.82) is 0 Å². The van der Waals surface area contributed by atoms with Gasteiger partial charge in [0.05, 0.1) is 0 Å². The first-order chi connectivity index (χ1) is 8.86. The van der Waals surface area contributed by atoms with Crippen molar-refractivity contribution >= 4 is 11.1 Å². The second-order valence-electron chi connectivity index (χ2n) is 6.93. The topological polar surface area (TPSA) is 52.0 Å². The summed E-state index contributed by atoms with van der Waals surface area (Å²) < 4.78 is 5.82. The maximum atomic E-state index is 6.26. The summed E-state index contributed by atoms with van der Waals surface area (Å²) in [5.74, 6) is 0.781. The highest BCUT2D eigenvalue weighted by Crippen LogP contribution is 2.33. The van der Waals surface area contributed by atoms with Gasteiger partial charge in [0.1, 0.15) is 5.52 Å². The van der Waals surface area contributed by atoms with Crippen LogP contribution < -0.4 is 5.73 Å². The van der Waals surface area contributed by atoms with Gasteiger partial charge in [-0.15, -0.1) is 0 Å². The standard InChI is InChI=1S/C16H22N2O/c1-15(2,3)11-5-6-13-12(9-11)18-14(19-13)10-16(17)7-4-8-16/h5-6,9H,4,7-8,10,17H2,1-3H3. The molecule has 19 heavy (non-hydrogen) atoms. The van der Waals surface area contributed by atoms with Crippen molar-refractivity contribution in [2.24, 2.45) is 5.73 Å². The maximum Gasteiger partial charge on any atom is 0.197 e. The van der Waals surface area contributed by atoms with E-state index in [-0.39, 0.29) is 11.0 Å². The molecule has 1 aromatic heterocycles. The molecule has 1 aromatic carbocycles. The molecule has 3 heteroatoms. The summed E-state index contributed by atoms with van der Waals surface area (Å²) in [4.78, 5) is 4.61. The molecule has 1 saturated carbocycles. The van der Waals surface area contributed by atoms with E-state index < -0.39 is 0 Å². The Balaban J connectivity index is 1.92. The van der Waals surface area contributed by atoms with Gasteiger partial charge in [-0.1, -0.05) is 26.8 Å². The molecule has 0 atom stereocenters. The molecule has 0 saturated heterocycles. The number of hydrogen-bond acceptors (Lipinski definition) is 3. The lowest BCUT2D eigenvalue weighted by Gasteiger charge is -2.36. The Kier molecular flexibility index (Phi) is 2.72. The van der Waals surface area contributed by atoms with Crippen molar-refractivity contribution in [3.05, 3.63) is 29.7 Å². The lowest BCUT2D eigenvalue weighted by Crippen LogP contribution is -2.48. The largest absolute Gasteiger partial charge is 0.441 e. The number of oxazole rings is 1. The van der Waals surface area contributed by atoms with Crippen LogP contribution in [-0.4, -0.2) is 10.5 Å². The Morgan fingerprint density at radius 1 is 1.32 bits per heavy atom. The fourth-order valence-corrected chi connectivity index (χ4v) is 2.63. The molecule has 0 bridgehead atoms. The van der Waals surface area contributed by atoms with Gasteiger partial charge in [0, 0.05) is 12.0 Å². The van der Waals surface area contributed by atoms with Gasteiger partial charge in [-0.3, -0.25) is 0 Å². The Morgan fingerprint density at radius 3 is 2.63 bits per heavy atom. The molecule has 3 nitrogen and oxygen atoms in total. The van der Waals surface area contributed by atoms with Crippen molar-refractivity contribution < 1.29 is 4.42 Å². The average molecular weight is 258 g/mol. The Hall–Kier alpha value is -1.35. The van der Waals surface area contributed by atoms with Crippen LogP contribution in [0, 0.1) is 0 Å². The van der Waals surface area contributed by atoms with Crippen molar-refractivity contribution in [3.8, 4) is 0 Å². The van der Waals surface area contributed by atoms with Gasteiger partial charge in [-0.05, 0) is 42.4 Å². The number of nitrogens with two attached hydrogens (primary N) is 1. The molecular weight excluding hydrogens is 236 g/mol. The number of aromatic nitrogens is 1. The maximum absolute atomic E-state index is 6.26. The van der Waals surface area contributed by atoms with E-state index in [0.29, 0.717) is 0 Å². The summed E-state index contributed by atoms with van der Waals surface area (Å²) in [5.41, 5.74) is 9.41. The van der Waals surface area contributed by atoms with E-state index in [0.717, 1.165) is 36.3 Å². The molecule has 1 fully saturated rings. The first-order valence-corrected chi connectivity index (χ1v) is 7.05.